The largest absolute Gasteiger partial charge is 0.457 e. The molecule has 1 aromatic carbocycles. The first-order chi connectivity index (χ1) is 9.06. The molecule has 0 bridgehead atoms. The first-order valence-corrected chi connectivity index (χ1v) is 5.98. The van der Waals surface area contributed by atoms with Gasteiger partial charge in [-0.25, -0.2) is 14.2 Å². The molecule has 0 unspecified atom stereocenters. The van der Waals surface area contributed by atoms with E-state index in [0.29, 0.717) is 16.3 Å². The van der Waals surface area contributed by atoms with Crippen molar-refractivity contribution in [2.24, 2.45) is 0 Å². The van der Waals surface area contributed by atoms with Crippen molar-refractivity contribution >= 4 is 17.6 Å². The lowest BCUT2D eigenvalue weighted by Gasteiger charge is -2.07. The summed E-state index contributed by atoms with van der Waals surface area (Å²) in [6.07, 6.45) is 1.52. The second-order valence-electron chi connectivity index (χ2n) is 4.02. The second kappa shape index (κ2) is 5.80. The molecule has 19 heavy (non-hydrogen) atoms. The van der Waals surface area contributed by atoms with E-state index in [1.54, 1.807) is 19.1 Å². The monoisotopic (exact) mass is 279 g/mol. The number of benzene rings is 1. The number of aryl methyl sites for hydroxylation is 1. The molecule has 0 radical (unpaired) electrons. The zero-order valence-electron chi connectivity index (χ0n) is 10.2. The zero-order chi connectivity index (χ0) is 13.8. The summed E-state index contributed by atoms with van der Waals surface area (Å²) in [6, 6.07) is 7.32. The molecule has 2 aromatic rings. The van der Waals surface area contributed by atoms with Crippen LogP contribution in [0, 0.1) is 12.7 Å². The third-order valence-electron chi connectivity index (χ3n) is 2.58. The van der Waals surface area contributed by atoms with Crippen molar-refractivity contribution in [2.75, 3.05) is 0 Å². The highest BCUT2D eigenvalue weighted by molar-refractivity contribution is 6.29. The van der Waals surface area contributed by atoms with E-state index in [1.807, 2.05) is 0 Å². The Bertz CT molecular complexity index is 599. The van der Waals surface area contributed by atoms with Gasteiger partial charge in [0.2, 0.25) is 0 Å². The molecule has 0 N–H and O–H groups in total. The summed E-state index contributed by atoms with van der Waals surface area (Å²) in [5, 5.41) is 0.371. The quantitative estimate of drug-likeness (QED) is 0.637. The van der Waals surface area contributed by atoms with Gasteiger partial charge >= 0.3 is 5.97 Å². The van der Waals surface area contributed by atoms with Gasteiger partial charge in [-0.3, -0.25) is 0 Å². The third kappa shape index (κ3) is 3.51. The van der Waals surface area contributed by atoms with Gasteiger partial charge in [0.05, 0.1) is 5.56 Å². The van der Waals surface area contributed by atoms with E-state index in [9.17, 15) is 9.18 Å². The Balaban J connectivity index is 2.05. The maximum absolute atomic E-state index is 13.1. The average molecular weight is 280 g/mol. The summed E-state index contributed by atoms with van der Waals surface area (Å²) >= 11 is 5.65. The van der Waals surface area contributed by atoms with Crippen LogP contribution in [0.2, 0.25) is 5.15 Å². The fraction of sp³-hybridized carbons (Fsp3) is 0.143. The Morgan fingerprint density at radius 3 is 2.84 bits per heavy atom. The van der Waals surface area contributed by atoms with Crippen molar-refractivity contribution in [1.29, 1.82) is 0 Å². The summed E-state index contributed by atoms with van der Waals surface area (Å²) in [5.41, 5.74) is 1.61. The van der Waals surface area contributed by atoms with Gasteiger partial charge in [0.25, 0.3) is 0 Å². The molecular formula is C14H11ClFNO2. The Morgan fingerprint density at radius 2 is 2.16 bits per heavy atom. The van der Waals surface area contributed by atoms with E-state index in [1.165, 1.54) is 18.3 Å². The molecule has 98 valence electrons. The van der Waals surface area contributed by atoms with Gasteiger partial charge in [-0.05, 0) is 30.7 Å². The topological polar surface area (TPSA) is 39.2 Å². The molecular weight excluding hydrogens is 269 g/mol. The summed E-state index contributed by atoms with van der Waals surface area (Å²) in [5.74, 6) is -1.03. The van der Waals surface area contributed by atoms with Crippen LogP contribution in [0.25, 0.3) is 0 Å². The molecule has 0 saturated carbocycles. The van der Waals surface area contributed by atoms with Crippen molar-refractivity contribution in [2.45, 2.75) is 13.5 Å². The number of hydrogen-bond acceptors (Lipinski definition) is 3. The Hall–Kier alpha value is -1.94. The van der Waals surface area contributed by atoms with Gasteiger partial charge < -0.3 is 4.74 Å². The fourth-order valence-electron chi connectivity index (χ4n) is 1.53. The third-order valence-corrected chi connectivity index (χ3v) is 2.80. The van der Waals surface area contributed by atoms with Crippen molar-refractivity contribution in [3.63, 3.8) is 0 Å². The highest BCUT2D eigenvalue weighted by atomic mass is 35.5. The summed E-state index contributed by atoms with van der Waals surface area (Å²) in [7, 11) is 0. The maximum atomic E-state index is 13.1. The zero-order valence-corrected chi connectivity index (χ0v) is 10.9. The second-order valence-corrected chi connectivity index (χ2v) is 4.41. The van der Waals surface area contributed by atoms with Gasteiger partial charge in [-0.1, -0.05) is 23.7 Å². The predicted molar refractivity (Wildman–Crippen MR) is 69.5 cm³/mol. The number of aromatic nitrogens is 1. The van der Waals surface area contributed by atoms with Crippen LogP contribution in [0.15, 0.2) is 36.5 Å². The molecule has 0 saturated heterocycles. The van der Waals surface area contributed by atoms with Gasteiger partial charge in [0.1, 0.15) is 17.6 Å². The standard InChI is InChI=1S/C14H11ClFNO2/c1-9-2-4-11(16)6-12(9)14(18)19-8-10-3-5-13(15)17-7-10/h2-7H,8H2,1H3. The number of rotatable bonds is 3. The van der Waals surface area contributed by atoms with E-state index in [0.717, 1.165) is 6.07 Å². The number of halogens is 2. The van der Waals surface area contributed by atoms with E-state index in [2.05, 4.69) is 4.98 Å². The van der Waals surface area contributed by atoms with Crippen LogP contribution in [0.4, 0.5) is 4.39 Å². The minimum atomic E-state index is -0.563. The number of esters is 1. The predicted octanol–water partition coefficient (Wildman–Crippen LogP) is 3.54. The van der Waals surface area contributed by atoms with Crippen LogP contribution < -0.4 is 0 Å². The molecule has 0 aliphatic carbocycles. The molecule has 1 aromatic heterocycles. The van der Waals surface area contributed by atoms with Crippen LogP contribution in [0.3, 0.4) is 0 Å². The van der Waals surface area contributed by atoms with Gasteiger partial charge in [0, 0.05) is 11.8 Å². The van der Waals surface area contributed by atoms with Crippen molar-refractivity contribution in [3.05, 3.63) is 64.2 Å². The molecule has 0 aliphatic rings. The van der Waals surface area contributed by atoms with Crippen LogP contribution >= 0.6 is 11.6 Å². The lowest BCUT2D eigenvalue weighted by molar-refractivity contribution is 0.0471. The van der Waals surface area contributed by atoms with Crippen molar-refractivity contribution in [1.82, 2.24) is 4.98 Å². The van der Waals surface area contributed by atoms with E-state index in [-0.39, 0.29) is 12.2 Å². The van der Waals surface area contributed by atoms with E-state index in [4.69, 9.17) is 16.3 Å². The smallest absolute Gasteiger partial charge is 0.338 e. The van der Waals surface area contributed by atoms with Crippen molar-refractivity contribution < 1.29 is 13.9 Å². The highest BCUT2D eigenvalue weighted by Crippen LogP contribution is 2.13. The lowest BCUT2D eigenvalue weighted by atomic mass is 10.1. The van der Waals surface area contributed by atoms with Gasteiger partial charge in [-0.2, -0.15) is 0 Å². The fourth-order valence-corrected chi connectivity index (χ4v) is 1.64. The SMILES string of the molecule is Cc1ccc(F)cc1C(=O)OCc1ccc(Cl)nc1. The van der Waals surface area contributed by atoms with E-state index >= 15 is 0 Å². The van der Waals surface area contributed by atoms with Gasteiger partial charge in [-0.15, -0.1) is 0 Å². The number of pyridine rings is 1. The number of nitrogens with zero attached hydrogens (tertiary/aromatic N) is 1. The van der Waals surface area contributed by atoms with Crippen LogP contribution in [-0.2, 0) is 11.3 Å². The average Bonchev–Trinajstić information content (AvgIpc) is 2.40. The van der Waals surface area contributed by atoms with Crippen LogP contribution in [0.1, 0.15) is 21.5 Å². The molecule has 5 heteroatoms. The number of hydrogen-bond donors (Lipinski definition) is 0. The molecule has 3 nitrogen and oxygen atoms in total. The first kappa shape index (κ1) is 13.5. The molecule has 0 fully saturated rings. The van der Waals surface area contributed by atoms with Crippen LogP contribution in [0.5, 0.6) is 0 Å². The Kier molecular flexibility index (Phi) is 4.12. The Morgan fingerprint density at radius 1 is 1.37 bits per heavy atom. The van der Waals surface area contributed by atoms with E-state index < -0.39 is 11.8 Å². The normalized spacial score (nSPS) is 10.3. The summed E-state index contributed by atoms with van der Waals surface area (Å²) in [6.45, 7) is 1.79. The molecule has 0 spiro atoms. The Labute approximate surface area is 115 Å². The van der Waals surface area contributed by atoms with Crippen LogP contribution in [-0.4, -0.2) is 11.0 Å². The number of carbonyl (C=O) groups excluding carboxylic acids is 1. The molecule has 0 atom stereocenters. The number of ether oxygens (including phenoxy) is 1. The number of carbonyl (C=O) groups is 1. The molecule has 0 amide bonds. The molecule has 2 rings (SSSR count). The molecule has 1 heterocycles. The maximum Gasteiger partial charge on any atom is 0.338 e. The minimum Gasteiger partial charge on any atom is -0.457 e. The summed E-state index contributed by atoms with van der Waals surface area (Å²) in [4.78, 5) is 15.7. The minimum absolute atomic E-state index is 0.0684. The lowest BCUT2D eigenvalue weighted by Crippen LogP contribution is -2.07. The highest BCUT2D eigenvalue weighted by Gasteiger charge is 2.11. The van der Waals surface area contributed by atoms with Crippen molar-refractivity contribution in [3.8, 4) is 0 Å². The van der Waals surface area contributed by atoms with Gasteiger partial charge in [0.15, 0.2) is 0 Å². The summed E-state index contributed by atoms with van der Waals surface area (Å²) < 4.78 is 18.2. The molecule has 0 aliphatic heterocycles. The first-order valence-electron chi connectivity index (χ1n) is 5.60.